The second-order valence-electron chi connectivity index (χ2n) is 6.35. The number of benzene rings is 2. The fourth-order valence-electron chi connectivity index (χ4n) is 2.87. The van der Waals surface area contributed by atoms with Gasteiger partial charge in [-0.05, 0) is 50.2 Å². The number of nitrogens with one attached hydrogen (secondary N) is 2. The summed E-state index contributed by atoms with van der Waals surface area (Å²) in [5, 5.41) is 6.21. The zero-order valence-corrected chi connectivity index (χ0v) is 17.5. The van der Waals surface area contributed by atoms with Gasteiger partial charge >= 0.3 is 0 Å². The van der Waals surface area contributed by atoms with E-state index in [9.17, 15) is 9.59 Å². The summed E-state index contributed by atoms with van der Waals surface area (Å²) in [7, 11) is 0. The summed E-state index contributed by atoms with van der Waals surface area (Å²) in [6.07, 6.45) is -0.515. The molecule has 0 saturated heterocycles. The summed E-state index contributed by atoms with van der Waals surface area (Å²) in [6.45, 7) is 3.65. The molecule has 2 heterocycles. The molecule has 0 aliphatic carbocycles. The number of carbonyl (C=O) groups excluding carboxylic acids is 2. The number of aromatic nitrogens is 1. The van der Waals surface area contributed by atoms with Gasteiger partial charge in [-0.2, -0.15) is 0 Å². The van der Waals surface area contributed by atoms with Crippen LogP contribution in [0.5, 0.6) is 5.75 Å². The molecule has 6 nitrogen and oxygen atoms in total. The Morgan fingerprint density at radius 2 is 2.11 bits per heavy atom. The maximum Gasteiger partial charge on any atom is 0.265 e. The predicted molar refractivity (Wildman–Crippen MR) is 113 cm³/mol. The number of nitrogens with zero attached hydrogens (tertiary/aromatic N) is 1. The first-order chi connectivity index (χ1) is 13.4. The Bertz CT molecular complexity index is 1100. The number of halogens is 1. The molecule has 0 spiro atoms. The highest BCUT2D eigenvalue weighted by Gasteiger charge is 2.24. The third-order valence-corrected chi connectivity index (χ3v) is 5.67. The number of hydrogen-bond acceptors (Lipinski definition) is 5. The Morgan fingerprint density at radius 3 is 2.89 bits per heavy atom. The van der Waals surface area contributed by atoms with E-state index in [2.05, 4.69) is 31.5 Å². The molecule has 1 atom stereocenters. The van der Waals surface area contributed by atoms with Gasteiger partial charge in [-0.1, -0.05) is 22.0 Å². The molecule has 0 radical (unpaired) electrons. The van der Waals surface area contributed by atoms with E-state index in [0.717, 1.165) is 20.6 Å². The third-order valence-electron chi connectivity index (χ3n) is 4.29. The van der Waals surface area contributed by atoms with Gasteiger partial charge in [0.25, 0.3) is 11.8 Å². The van der Waals surface area contributed by atoms with Crippen LogP contribution in [-0.2, 0) is 4.79 Å². The Labute approximate surface area is 174 Å². The quantitative estimate of drug-likeness (QED) is 0.588. The van der Waals surface area contributed by atoms with Gasteiger partial charge in [-0.25, -0.2) is 4.98 Å². The Morgan fingerprint density at radius 1 is 1.29 bits per heavy atom. The zero-order chi connectivity index (χ0) is 19.8. The van der Waals surface area contributed by atoms with Gasteiger partial charge in [0.15, 0.2) is 11.2 Å². The SMILES string of the molecule is Cc1sc(NC(=O)c2cccc(Br)c2)nc1-c1ccc2c(c1)NC(=O)C(C)O2. The number of aryl methyl sites for hydroxylation is 1. The largest absolute Gasteiger partial charge is 0.479 e. The number of ether oxygens (including phenoxy) is 1. The fraction of sp³-hybridized carbons (Fsp3) is 0.150. The summed E-state index contributed by atoms with van der Waals surface area (Å²) < 4.78 is 6.43. The van der Waals surface area contributed by atoms with E-state index in [1.807, 2.05) is 37.3 Å². The molecule has 1 unspecified atom stereocenters. The van der Waals surface area contributed by atoms with Crippen LogP contribution < -0.4 is 15.4 Å². The smallest absolute Gasteiger partial charge is 0.265 e. The van der Waals surface area contributed by atoms with Crippen molar-refractivity contribution in [3.63, 3.8) is 0 Å². The van der Waals surface area contributed by atoms with E-state index in [0.29, 0.717) is 22.1 Å². The number of rotatable bonds is 3. The van der Waals surface area contributed by atoms with E-state index in [1.165, 1.54) is 11.3 Å². The number of fused-ring (bicyclic) bond motifs is 1. The zero-order valence-electron chi connectivity index (χ0n) is 15.1. The summed E-state index contributed by atoms with van der Waals surface area (Å²) in [4.78, 5) is 29.8. The lowest BCUT2D eigenvalue weighted by atomic mass is 10.1. The lowest BCUT2D eigenvalue weighted by Crippen LogP contribution is -2.34. The van der Waals surface area contributed by atoms with Crippen LogP contribution in [0.25, 0.3) is 11.3 Å². The van der Waals surface area contributed by atoms with Gasteiger partial charge in [-0.15, -0.1) is 11.3 Å². The van der Waals surface area contributed by atoms with Crippen molar-refractivity contribution in [3.8, 4) is 17.0 Å². The first-order valence-corrected chi connectivity index (χ1v) is 10.2. The standard InChI is InChI=1S/C20H16BrN3O3S/c1-10-18(25)22-15-9-12(6-7-16(15)27-10)17-11(2)28-20(23-17)24-19(26)13-4-3-5-14(21)8-13/h3-10H,1-2H3,(H,22,25)(H,23,24,26). The number of amides is 2. The van der Waals surface area contributed by atoms with Crippen molar-refractivity contribution in [3.05, 3.63) is 57.4 Å². The molecule has 1 aliphatic rings. The molecule has 0 bridgehead atoms. The molecule has 3 aromatic rings. The monoisotopic (exact) mass is 457 g/mol. The van der Waals surface area contributed by atoms with Gasteiger partial charge in [0.1, 0.15) is 5.75 Å². The lowest BCUT2D eigenvalue weighted by molar-refractivity contribution is -0.122. The van der Waals surface area contributed by atoms with E-state index in [4.69, 9.17) is 4.74 Å². The third kappa shape index (κ3) is 3.65. The molecule has 28 heavy (non-hydrogen) atoms. The Kier molecular flexibility index (Phi) is 4.91. The number of carbonyl (C=O) groups is 2. The molecular formula is C20H16BrN3O3S. The van der Waals surface area contributed by atoms with Crippen LogP contribution in [0, 0.1) is 6.92 Å². The van der Waals surface area contributed by atoms with Crippen molar-refractivity contribution < 1.29 is 14.3 Å². The first-order valence-electron chi connectivity index (χ1n) is 8.57. The molecule has 1 aromatic heterocycles. The summed E-state index contributed by atoms with van der Waals surface area (Å²) >= 11 is 4.77. The van der Waals surface area contributed by atoms with Crippen LogP contribution >= 0.6 is 27.3 Å². The summed E-state index contributed by atoms with van der Waals surface area (Å²) in [6, 6.07) is 12.7. The van der Waals surface area contributed by atoms with Crippen molar-refractivity contribution >= 4 is 49.9 Å². The highest BCUT2D eigenvalue weighted by Crippen LogP contribution is 2.37. The van der Waals surface area contributed by atoms with Crippen molar-refractivity contribution in [2.24, 2.45) is 0 Å². The van der Waals surface area contributed by atoms with Crippen molar-refractivity contribution in [1.82, 2.24) is 4.98 Å². The van der Waals surface area contributed by atoms with Gasteiger partial charge in [-0.3, -0.25) is 14.9 Å². The van der Waals surface area contributed by atoms with E-state index >= 15 is 0 Å². The molecule has 1 aliphatic heterocycles. The van der Waals surface area contributed by atoms with Gasteiger partial charge < -0.3 is 10.1 Å². The molecule has 0 fully saturated rings. The number of thiazole rings is 1. The van der Waals surface area contributed by atoms with Gasteiger partial charge in [0, 0.05) is 20.5 Å². The van der Waals surface area contributed by atoms with Crippen LogP contribution in [0.15, 0.2) is 46.9 Å². The maximum absolute atomic E-state index is 12.5. The van der Waals surface area contributed by atoms with Crippen LogP contribution in [-0.4, -0.2) is 22.9 Å². The maximum atomic E-state index is 12.5. The van der Waals surface area contributed by atoms with E-state index in [1.54, 1.807) is 19.1 Å². The molecule has 8 heteroatoms. The second kappa shape index (κ2) is 7.37. The highest BCUT2D eigenvalue weighted by molar-refractivity contribution is 9.10. The topological polar surface area (TPSA) is 80.3 Å². The molecule has 2 aromatic carbocycles. The number of hydrogen-bond donors (Lipinski definition) is 2. The van der Waals surface area contributed by atoms with Crippen LogP contribution in [0.4, 0.5) is 10.8 Å². The summed E-state index contributed by atoms with van der Waals surface area (Å²) in [5.41, 5.74) is 2.76. The molecule has 4 rings (SSSR count). The molecule has 2 N–H and O–H groups in total. The highest BCUT2D eigenvalue weighted by atomic mass is 79.9. The predicted octanol–water partition coefficient (Wildman–Crippen LogP) is 4.85. The average molecular weight is 458 g/mol. The molecule has 142 valence electrons. The van der Waals surface area contributed by atoms with Crippen LogP contribution in [0.3, 0.4) is 0 Å². The lowest BCUT2D eigenvalue weighted by Gasteiger charge is -2.23. The van der Waals surface area contributed by atoms with E-state index in [-0.39, 0.29) is 11.8 Å². The van der Waals surface area contributed by atoms with Crippen molar-refractivity contribution in [1.29, 1.82) is 0 Å². The summed E-state index contributed by atoms with van der Waals surface area (Å²) in [5.74, 6) is 0.232. The average Bonchev–Trinajstić information content (AvgIpc) is 3.02. The minimum absolute atomic E-state index is 0.179. The molecular weight excluding hydrogens is 442 g/mol. The Balaban J connectivity index is 1.59. The van der Waals surface area contributed by atoms with Gasteiger partial charge in [0.05, 0.1) is 11.4 Å². The van der Waals surface area contributed by atoms with Crippen molar-refractivity contribution in [2.45, 2.75) is 20.0 Å². The number of anilines is 2. The fourth-order valence-corrected chi connectivity index (χ4v) is 4.10. The van der Waals surface area contributed by atoms with Crippen LogP contribution in [0.2, 0.25) is 0 Å². The molecule has 2 amide bonds. The first kappa shape index (κ1) is 18.6. The minimum Gasteiger partial charge on any atom is -0.479 e. The minimum atomic E-state index is -0.515. The normalized spacial score (nSPS) is 15.4. The van der Waals surface area contributed by atoms with Crippen molar-refractivity contribution in [2.75, 3.05) is 10.6 Å². The van der Waals surface area contributed by atoms with Gasteiger partial charge in [0.2, 0.25) is 0 Å². The van der Waals surface area contributed by atoms with Crippen LogP contribution in [0.1, 0.15) is 22.2 Å². The molecule has 0 saturated carbocycles. The second-order valence-corrected chi connectivity index (χ2v) is 8.47. The van der Waals surface area contributed by atoms with E-state index < -0.39 is 6.10 Å². The Hall–Kier alpha value is -2.71.